The lowest BCUT2D eigenvalue weighted by Gasteiger charge is -2.27. The van der Waals surface area contributed by atoms with Gasteiger partial charge in [-0.15, -0.1) is 0 Å². The highest BCUT2D eigenvalue weighted by Crippen LogP contribution is 2.12. The molecule has 1 N–H and O–H groups in total. The van der Waals surface area contributed by atoms with Gasteiger partial charge >= 0.3 is 0 Å². The Morgan fingerprint density at radius 3 is 2.47 bits per heavy atom. The van der Waals surface area contributed by atoms with Crippen LogP contribution in [0.25, 0.3) is 0 Å². The van der Waals surface area contributed by atoms with Crippen molar-refractivity contribution in [2.75, 3.05) is 13.1 Å². The van der Waals surface area contributed by atoms with Crippen LogP contribution in [0.5, 0.6) is 0 Å². The van der Waals surface area contributed by atoms with Gasteiger partial charge in [0.15, 0.2) is 0 Å². The highest BCUT2D eigenvalue weighted by atomic mass is 16.2. The molecule has 86 valence electrons. The molecule has 0 bridgehead atoms. The molecule has 1 unspecified atom stereocenters. The maximum Gasteiger partial charge on any atom is 0.229 e. The molecule has 1 atom stereocenters. The molecule has 4 heteroatoms. The Labute approximate surface area is 91.0 Å². The van der Waals surface area contributed by atoms with Crippen molar-refractivity contribution in [3.05, 3.63) is 0 Å². The molecule has 0 aromatic carbocycles. The second-order valence-corrected chi connectivity index (χ2v) is 4.11. The number of likely N-dealkylation sites (tertiary alicyclic amines) is 1. The summed E-state index contributed by atoms with van der Waals surface area (Å²) in [6.45, 7) is 5.54. The van der Waals surface area contributed by atoms with Crippen LogP contribution in [0.2, 0.25) is 0 Å². The predicted octanol–water partition coefficient (Wildman–Crippen LogP) is 0.914. The number of hydrogen-bond acceptors (Lipinski definition) is 3. The predicted molar refractivity (Wildman–Crippen MR) is 58.3 cm³/mol. The van der Waals surface area contributed by atoms with E-state index in [9.17, 15) is 9.59 Å². The van der Waals surface area contributed by atoms with E-state index >= 15 is 0 Å². The lowest BCUT2D eigenvalue weighted by molar-refractivity contribution is -0.148. The molecule has 1 aliphatic rings. The molecule has 1 rings (SSSR count). The number of amides is 2. The second kappa shape index (κ2) is 5.85. The maximum atomic E-state index is 11.5. The van der Waals surface area contributed by atoms with Crippen LogP contribution in [-0.4, -0.2) is 35.8 Å². The van der Waals surface area contributed by atoms with Crippen molar-refractivity contribution >= 4 is 11.8 Å². The Balaban J connectivity index is 2.40. The van der Waals surface area contributed by atoms with Crippen LogP contribution in [0.3, 0.4) is 0 Å². The van der Waals surface area contributed by atoms with Gasteiger partial charge in [0, 0.05) is 25.4 Å². The van der Waals surface area contributed by atoms with E-state index in [1.807, 2.05) is 6.92 Å². The third-order valence-electron chi connectivity index (χ3n) is 2.58. The summed E-state index contributed by atoms with van der Waals surface area (Å²) in [5, 5.41) is 3.27. The molecule has 1 fully saturated rings. The highest BCUT2D eigenvalue weighted by molar-refractivity contribution is 5.97. The summed E-state index contributed by atoms with van der Waals surface area (Å²) in [5.74, 6) is -0.0344. The van der Waals surface area contributed by atoms with E-state index in [0.717, 1.165) is 13.0 Å². The number of piperidine rings is 1. The topological polar surface area (TPSA) is 49.4 Å². The summed E-state index contributed by atoms with van der Waals surface area (Å²) in [5.41, 5.74) is 0. The molecular formula is C11H20N2O2. The minimum Gasteiger partial charge on any atom is -0.312 e. The molecule has 0 saturated carbocycles. The maximum absolute atomic E-state index is 11.5. The van der Waals surface area contributed by atoms with Gasteiger partial charge in [-0.2, -0.15) is 0 Å². The van der Waals surface area contributed by atoms with Crippen LogP contribution < -0.4 is 5.32 Å². The first kappa shape index (κ1) is 12.2. The molecule has 1 saturated heterocycles. The molecule has 0 aromatic heterocycles. The average Bonchev–Trinajstić information content (AvgIpc) is 2.21. The normalized spacial score (nSPS) is 19.5. The van der Waals surface area contributed by atoms with E-state index in [-0.39, 0.29) is 17.9 Å². The van der Waals surface area contributed by atoms with Gasteiger partial charge in [-0.1, -0.05) is 6.92 Å². The number of nitrogens with zero attached hydrogens (tertiary/aromatic N) is 1. The first-order chi connectivity index (χ1) is 7.15. The zero-order valence-electron chi connectivity index (χ0n) is 9.58. The first-order valence-corrected chi connectivity index (χ1v) is 5.71. The fourth-order valence-electron chi connectivity index (χ4n) is 1.73. The molecule has 4 nitrogen and oxygen atoms in total. The third kappa shape index (κ3) is 3.63. The van der Waals surface area contributed by atoms with Gasteiger partial charge in [0.05, 0.1) is 0 Å². The van der Waals surface area contributed by atoms with Crippen LogP contribution in [-0.2, 0) is 9.59 Å². The summed E-state index contributed by atoms with van der Waals surface area (Å²) in [7, 11) is 0. The zero-order valence-corrected chi connectivity index (χ0v) is 9.58. The minimum atomic E-state index is -0.0172. The van der Waals surface area contributed by atoms with E-state index in [2.05, 4.69) is 12.2 Å². The number of rotatable bonds is 5. The Morgan fingerprint density at radius 1 is 1.33 bits per heavy atom. The first-order valence-electron chi connectivity index (χ1n) is 5.71. The summed E-state index contributed by atoms with van der Waals surface area (Å²) in [6, 6.07) is 0.191. The zero-order chi connectivity index (χ0) is 11.3. The summed E-state index contributed by atoms with van der Waals surface area (Å²) >= 11 is 0. The minimum absolute atomic E-state index is 0.0172. The van der Waals surface area contributed by atoms with E-state index in [0.29, 0.717) is 25.8 Å². The van der Waals surface area contributed by atoms with Gasteiger partial charge in [-0.05, 0) is 26.3 Å². The van der Waals surface area contributed by atoms with E-state index < -0.39 is 0 Å². The molecular weight excluding hydrogens is 192 g/mol. The number of nitrogens with one attached hydrogen (secondary N) is 1. The van der Waals surface area contributed by atoms with E-state index in [4.69, 9.17) is 0 Å². The van der Waals surface area contributed by atoms with Gasteiger partial charge < -0.3 is 5.32 Å². The third-order valence-corrected chi connectivity index (χ3v) is 2.58. The van der Waals surface area contributed by atoms with Crippen molar-refractivity contribution < 1.29 is 9.59 Å². The summed E-state index contributed by atoms with van der Waals surface area (Å²) < 4.78 is 0. The Bertz CT molecular complexity index is 225. The van der Waals surface area contributed by atoms with E-state index in [1.165, 1.54) is 4.90 Å². The van der Waals surface area contributed by atoms with E-state index in [1.54, 1.807) is 0 Å². The molecule has 0 aliphatic carbocycles. The van der Waals surface area contributed by atoms with Gasteiger partial charge in [0.25, 0.3) is 0 Å². The molecule has 0 radical (unpaired) electrons. The Hall–Kier alpha value is -0.900. The highest BCUT2D eigenvalue weighted by Gasteiger charge is 2.26. The van der Waals surface area contributed by atoms with Crippen LogP contribution >= 0.6 is 0 Å². The number of carbonyl (C=O) groups is 2. The molecule has 2 amide bonds. The van der Waals surface area contributed by atoms with Gasteiger partial charge in [0.1, 0.15) is 0 Å². The van der Waals surface area contributed by atoms with Crippen molar-refractivity contribution in [1.82, 2.24) is 10.2 Å². The van der Waals surface area contributed by atoms with Crippen LogP contribution in [0.1, 0.15) is 39.5 Å². The van der Waals surface area contributed by atoms with Crippen LogP contribution in [0, 0.1) is 0 Å². The SMILES string of the molecule is CCCNC(C)CN1C(=O)CCCC1=O. The fraction of sp³-hybridized carbons (Fsp3) is 0.818. The lowest BCUT2D eigenvalue weighted by atomic mass is 10.1. The van der Waals surface area contributed by atoms with Crippen molar-refractivity contribution in [1.29, 1.82) is 0 Å². The van der Waals surface area contributed by atoms with Crippen LogP contribution in [0.4, 0.5) is 0 Å². The fourth-order valence-corrected chi connectivity index (χ4v) is 1.73. The molecule has 1 heterocycles. The van der Waals surface area contributed by atoms with Crippen molar-refractivity contribution in [2.24, 2.45) is 0 Å². The number of hydrogen-bond donors (Lipinski definition) is 1. The van der Waals surface area contributed by atoms with Crippen LogP contribution in [0.15, 0.2) is 0 Å². The van der Waals surface area contributed by atoms with Crippen molar-refractivity contribution in [3.63, 3.8) is 0 Å². The van der Waals surface area contributed by atoms with Gasteiger partial charge in [-0.25, -0.2) is 0 Å². The Kier molecular flexibility index (Phi) is 4.75. The summed E-state index contributed by atoms with van der Waals surface area (Å²) in [6.07, 6.45) is 2.82. The summed E-state index contributed by atoms with van der Waals surface area (Å²) in [4.78, 5) is 24.4. The molecule has 15 heavy (non-hydrogen) atoms. The number of imide groups is 1. The monoisotopic (exact) mass is 212 g/mol. The molecule has 0 aromatic rings. The Morgan fingerprint density at radius 2 is 1.93 bits per heavy atom. The molecule has 1 aliphatic heterocycles. The standard InChI is InChI=1S/C11H20N2O2/c1-3-7-12-9(2)8-13-10(14)5-4-6-11(13)15/h9,12H,3-8H2,1-2H3. The second-order valence-electron chi connectivity index (χ2n) is 4.11. The lowest BCUT2D eigenvalue weighted by Crippen LogP contribution is -2.47. The molecule has 0 spiro atoms. The van der Waals surface area contributed by atoms with Crippen molar-refractivity contribution in [3.8, 4) is 0 Å². The number of carbonyl (C=O) groups excluding carboxylic acids is 2. The van der Waals surface area contributed by atoms with Crippen molar-refractivity contribution in [2.45, 2.75) is 45.6 Å². The van der Waals surface area contributed by atoms with Gasteiger partial charge in [-0.3, -0.25) is 14.5 Å². The quantitative estimate of drug-likeness (QED) is 0.689. The smallest absolute Gasteiger partial charge is 0.229 e. The van der Waals surface area contributed by atoms with Gasteiger partial charge in [0.2, 0.25) is 11.8 Å². The average molecular weight is 212 g/mol. The largest absolute Gasteiger partial charge is 0.312 e.